The number of fused-ring (bicyclic) bond motifs is 1. The summed E-state index contributed by atoms with van der Waals surface area (Å²) in [5, 5.41) is 28.9. The number of aromatic nitrogens is 2. The van der Waals surface area contributed by atoms with Gasteiger partial charge in [-0.25, -0.2) is 4.79 Å². The largest absolute Gasteiger partial charge is 0.504 e. The lowest BCUT2D eigenvalue weighted by molar-refractivity contribution is -0.137. The Hall–Kier alpha value is -5.19. The number of phenols is 2. The minimum Gasteiger partial charge on any atom is -0.504 e. The summed E-state index contributed by atoms with van der Waals surface area (Å²) in [7, 11) is 0. The van der Waals surface area contributed by atoms with Gasteiger partial charge < -0.3 is 20.3 Å². The molecule has 0 unspecified atom stereocenters. The number of anilines is 2. The van der Waals surface area contributed by atoms with Crippen molar-refractivity contribution in [2.75, 3.05) is 10.6 Å². The fourth-order valence-electron chi connectivity index (χ4n) is 4.15. The lowest BCUT2D eigenvalue weighted by Gasteiger charge is -2.09. The highest BCUT2D eigenvalue weighted by Gasteiger charge is 2.31. The average molecular weight is 563 g/mol. The first-order valence-corrected chi connectivity index (χ1v) is 12.5. The number of carbonyl (C=O) groups excluding carboxylic acids is 1. The van der Waals surface area contributed by atoms with E-state index in [0.29, 0.717) is 17.0 Å². The van der Waals surface area contributed by atoms with Crippen molar-refractivity contribution >= 4 is 28.4 Å². The molecule has 0 aliphatic rings. The summed E-state index contributed by atoms with van der Waals surface area (Å²) >= 11 is 0. The highest BCUT2D eigenvalue weighted by molar-refractivity contribution is 6.04. The Bertz CT molecular complexity index is 1700. The molecular weight excluding hydrogens is 537 g/mol. The molecule has 8 nitrogen and oxygen atoms in total. The first-order chi connectivity index (χ1) is 19.5. The van der Waals surface area contributed by atoms with E-state index in [2.05, 4.69) is 15.7 Å². The topological polar surface area (TPSA) is 109 Å². The Morgan fingerprint density at radius 3 is 2.27 bits per heavy atom. The number of hydrogen-bond donors (Lipinski definition) is 4. The van der Waals surface area contributed by atoms with E-state index in [1.807, 2.05) is 43.3 Å². The molecular formula is C30H25F3N4O4. The summed E-state index contributed by atoms with van der Waals surface area (Å²) < 4.78 is 47.6. The number of ether oxygens (including phenoxy) is 1. The summed E-state index contributed by atoms with van der Waals surface area (Å²) in [6.45, 7) is 2.35. The second-order valence-corrected chi connectivity index (χ2v) is 9.44. The first kappa shape index (κ1) is 27.4. The van der Waals surface area contributed by atoms with Crippen molar-refractivity contribution in [3.63, 3.8) is 0 Å². The number of rotatable bonds is 7. The molecule has 0 spiro atoms. The molecule has 1 aromatic heterocycles. The van der Waals surface area contributed by atoms with Crippen molar-refractivity contribution in [3.05, 3.63) is 107 Å². The van der Waals surface area contributed by atoms with E-state index in [4.69, 9.17) is 4.74 Å². The molecule has 0 aliphatic carbocycles. The molecule has 2 amide bonds. The fourth-order valence-corrected chi connectivity index (χ4v) is 4.15. The number of urea groups is 1. The van der Waals surface area contributed by atoms with Gasteiger partial charge in [-0.3, -0.25) is 10.00 Å². The second-order valence-electron chi connectivity index (χ2n) is 9.44. The second kappa shape index (κ2) is 11.1. The van der Waals surface area contributed by atoms with Crippen LogP contribution in [0, 0.1) is 6.92 Å². The molecule has 5 rings (SSSR count). The van der Waals surface area contributed by atoms with E-state index in [9.17, 15) is 28.2 Å². The van der Waals surface area contributed by atoms with Gasteiger partial charge >= 0.3 is 12.2 Å². The van der Waals surface area contributed by atoms with E-state index < -0.39 is 17.8 Å². The minimum atomic E-state index is -4.56. The number of carbonyl (C=O) groups is 1. The van der Waals surface area contributed by atoms with Gasteiger partial charge in [0.1, 0.15) is 12.4 Å². The van der Waals surface area contributed by atoms with E-state index in [-0.39, 0.29) is 35.9 Å². The zero-order chi connectivity index (χ0) is 29.1. The molecule has 0 saturated heterocycles. The van der Waals surface area contributed by atoms with Crippen molar-refractivity contribution in [1.29, 1.82) is 0 Å². The zero-order valence-corrected chi connectivity index (χ0v) is 21.7. The maximum Gasteiger partial charge on any atom is 0.416 e. The van der Waals surface area contributed by atoms with Crippen LogP contribution in [0.25, 0.3) is 10.9 Å². The van der Waals surface area contributed by atoms with Gasteiger partial charge in [-0.05, 0) is 60.5 Å². The van der Waals surface area contributed by atoms with Crippen molar-refractivity contribution in [2.24, 2.45) is 0 Å². The van der Waals surface area contributed by atoms with Crippen molar-refractivity contribution < 1.29 is 32.9 Å². The van der Waals surface area contributed by atoms with Gasteiger partial charge in [0, 0.05) is 17.1 Å². The van der Waals surface area contributed by atoms with Crippen LogP contribution >= 0.6 is 0 Å². The van der Waals surface area contributed by atoms with Crippen LogP contribution < -0.4 is 15.4 Å². The van der Waals surface area contributed by atoms with E-state index in [0.717, 1.165) is 28.8 Å². The number of alkyl halides is 3. The summed E-state index contributed by atoms with van der Waals surface area (Å²) in [6.07, 6.45) is -4.56. The van der Waals surface area contributed by atoms with Crippen LogP contribution in [0.4, 0.5) is 29.5 Å². The van der Waals surface area contributed by atoms with Crippen molar-refractivity contribution in [2.45, 2.75) is 26.3 Å². The summed E-state index contributed by atoms with van der Waals surface area (Å²) in [5.74, 6) is -0.143. The molecule has 1 heterocycles. The number of phenolic OH excluding ortho intramolecular Hbond substituents is 2. The number of amides is 2. The van der Waals surface area contributed by atoms with Crippen LogP contribution in [0.15, 0.2) is 84.9 Å². The van der Waals surface area contributed by atoms with Crippen molar-refractivity contribution in [1.82, 2.24) is 9.78 Å². The Labute approximate surface area is 232 Å². The van der Waals surface area contributed by atoms with Crippen LogP contribution in [0.5, 0.6) is 17.2 Å². The minimum absolute atomic E-state index is 0.00196. The van der Waals surface area contributed by atoms with Crippen LogP contribution in [0.1, 0.15) is 22.3 Å². The highest BCUT2D eigenvalue weighted by Crippen LogP contribution is 2.34. The van der Waals surface area contributed by atoms with Gasteiger partial charge in [-0.1, -0.05) is 42.0 Å². The van der Waals surface area contributed by atoms with Gasteiger partial charge in [0.05, 0.1) is 17.6 Å². The van der Waals surface area contributed by atoms with Crippen LogP contribution in [-0.4, -0.2) is 26.0 Å². The number of halogens is 3. The Morgan fingerprint density at radius 1 is 0.878 bits per heavy atom. The molecule has 0 aliphatic heterocycles. The molecule has 210 valence electrons. The SMILES string of the molecule is Cc1ccc(NC(=O)Nc2nn(Cc3ccc(COc4ccc(O)c(O)c4)cc3)c3ccc(C(F)(F)F)cc23)cc1. The highest BCUT2D eigenvalue weighted by atomic mass is 19.4. The standard InChI is InChI=1S/C30H25F3N4O4/c1-18-2-9-22(10-3-18)34-29(40)35-28-24-14-21(30(31,32)33)8-12-25(24)37(36-28)16-19-4-6-20(7-5-19)17-41-23-11-13-26(38)27(39)15-23/h2-15,38-39H,16-17H2,1H3,(H2,34,35,36,40). The molecule has 0 bridgehead atoms. The average Bonchev–Trinajstić information content (AvgIpc) is 3.27. The number of hydrogen-bond acceptors (Lipinski definition) is 5. The summed E-state index contributed by atoms with van der Waals surface area (Å²) in [5.41, 5.74) is 2.76. The monoisotopic (exact) mass is 562 g/mol. The molecule has 0 saturated carbocycles. The van der Waals surface area contributed by atoms with Gasteiger partial charge in [0.25, 0.3) is 0 Å². The Balaban J connectivity index is 1.35. The van der Waals surface area contributed by atoms with E-state index in [1.54, 1.807) is 12.1 Å². The quantitative estimate of drug-likeness (QED) is 0.159. The van der Waals surface area contributed by atoms with Gasteiger partial charge in [0.2, 0.25) is 0 Å². The normalized spacial score (nSPS) is 11.4. The van der Waals surface area contributed by atoms with E-state index in [1.165, 1.54) is 28.9 Å². The summed E-state index contributed by atoms with van der Waals surface area (Å²) in [4.78, 5) is 12.7. The van der Waals surface area contributed by atoms with Crippen LogP contribution in [-0.2, 0) is 19.3 Å². The molecule has 0 radical (unpaired) electrons. The Kier molecular flexibility index (Phi) is 7.43. The van der Waals surface area contributed by atoms with Crippen LogP contribution in [0.3, 0.4) is 0 Å². The van der Waals surface area contributed by atoms with Gasteiger partial charge in [0.15, 0.2) is 17.3 Å². The van der Waals surface area contributed by atoms with E-state index >= 15 is 0 Å². The Morgan fingerprint density at radius 2 is 1.59 bits per heavy atom. The maximum atomic E-state index is 13.5. The first-order valence-electron chi connectivity index (χ1n) is 12.5. The van der Waals surface area contributed by atoms with Crippen LogP contribution in [0.2, 0.25) is 0 Å². The maximum absolute atomic E-state index is 13.5. The number of benzene rings is 4. The third kappa shape index (κ3) is 6.52. The summed E-state index contributed by atoms with van der Waals surface area (Å²) in [6, 6.07) is 21.2. The molecule has 41 heavy (non-hydrogen) atoms. The van der Waals surface area contributed by atoms with Crippen molar-refractivity contribution in [3.8, 4) is 17.2 Å². The molecule has 4 aromatic carbocycles. The molecule has 11 heteroatoms. The molecule has 5 aromatic rings. The van der Waals surface area contributed by atoms with Gasteiger partial charge in [-0.15, -0.1) is 0 Å². The van der Waals surface area contributed by atoms with Gasteiger partial charge in [-0.2, -0.15) is 18.3 Å². The molecule has 0 atom stereocenters. The number of nitrogens with one attached hydrogen (secondary N) is 2. The third-order valence-corrected chi connectivity index (χ3v) is 6.33. The predicted molar refractivity (Wildman–Crippen MR) is 148 cm³/mol. The smallest absolute Gasteiger partial charge is 0.416 e. The third-order valence-electron chi connectivity index (χ3n) is 6.33. The predicted octanol–water partition coefficient (Wildman–Crippen LogP) is 7.05. The number of nitrogens with zero attached hydrogens (tertiary/aromatic N) is 2. The lowest BCUT2D eigenvalue weighted by Crippen LogP contribution is -2.20. The number of aryl methyl sites for hydroxylation is 1. The molecule has 0 fully saturated rings. The number of aromatic hydroxyl groups is 2. The molecule has 4 N–H and O–H groups in total. The zero-order valence-electron chi connectivity index (χ0n) is 21.7. The lowest BCUT2D eigenvalue weighted by atomic mass is 10.1. The fraction of sp³-hybridized carbons (Fsp3) is 0.133.